The Balaban J connectivity index is 1.15. The van der Waals surface area contributed by atoms with E-state index in [0.29, 0.717) is 46.3 Å². The fraction of sp³-hybridized carbons (Fsp3) is 0.206. The number of methoxy groups -OCH3 is 1. The molecular weight excluding hydrogens is 578 g/mol. The van der Waals surface area contributed by atoms with Gasteiger partial charge in [0.2, 0.25) is 5.82 Å². The van der Waals surface area contributed by atoms with Crippen molar-refractivity contribution in [2.24, 2.45) is 0 Å². The first-order valence-electron chi connectivity index (χ1n) is 15.0. The minimum Gasteiger partial charge on any atom is -0.494 e. The maximum absolute atomic E-state index is 9.08. The van der Waals surface area contributed by atoms with Crippen LogP contribution in [0.4, 0.5) is 11.6 Å². The van der Waals surface area contributed by atoms with Crippen molar-refractivity contribution in [1.82, 2.24) is 39.4 Å². The number of anilines is 2. The number of nitrogens with one attached hydrogen (secondary N) is 1. The van der Waals surface area contributed by atoms with Gasteiger partial charge in [0.15, 0.2) is 11.5 Å². The Hall–Kier alpha value is -5.93. The molecule has 12 heteroatoms. The number of benzene rings is 1. The highest BCUT2D eigenvalue weighted by atomic mass is 16.5. The first kappa shape index (κ1) is 28.8. The van der Waals surface area contributed by atoms with E-state index in [4.69, 9.17) is 25.7 Å². The van der Waals surface area contributed by atoms with Crippen LogP contribution in [-0.2, 0) is 6.54 Å². The van der Waals surface area contributed by atoms with Gasteiger partial charge in [-0.2, -0.15) is 5.26 Å². The van der Waals surface area contributed by atoms with Crippen LogP contribution < -0.4 is 15.8 Å². The Kier molecular flexibility index (Phi) is 7.89. The number of ether oxygens (including phenoxy) is 1. The van der Waals surface area contributed by atoms with Crippen LogP contribution in [0.25, 0.3) is 39.6 Å². The summed E-state index contributed by atoms with van der Waals surface area (Å²) in [6.45, 7) is 2.75. The minimum absolute atomic E-state index is 0.176. The Bertz CT molecular complexity index is 2040. The Labute approximate surface area is 265 Å². The number of imidazole rings is 1. The van der Waals surface area contributed by atoms with Gasteiger partial charge < -0.3 is 15.8 Å². The summed E-state index contributed by atoms with van der Waals surface area (Å²) in [7, 11) is 1.62. The van der Waals surface area contributed by atoms with Crippen molar-refractivity contribution in [2.45, 2.75) is 25.4 Å². The van der Waals surface area contributed by atoms with Crippen LogP contribution in [0.2, 0.25) is 0 Å². The molecule has 0 aliphatic carbocycles. The molecule has 1 aliphatic heterocycles. The smallest absolute Gasteiger partial charge is 0.234 e. The normalized spacial score (nSPS) is 13.8. The van der Waals surface area contributed by atoms with Gasteiger partial charge >= 0.3 is 0 Å². The first-order valence-corrected chi connectivity index (χ1v) is 15.0. The molecule has 5 aromatic heterocycles. The van der Waals surface area contributed by atoms with E-state index in [2.05, 4.69) is 54.4 Å². The van der Waals surface area contributed by atoms with Crippen molar-refractivity contribution in [1.29, 1.82) is 5.26 Å². The highest BCUT2D eigenvalue weighted by Crippen LogP contribution is 2.33. The highest BCUT2D eigenvalue weighted by Gasteiger charge is 2.22. The van der Waals surface area contributed by atoms with Gasteiger partial charge in [0, 0.05) is 50.0 Å². The number of nitriles is 1. The lowest BCUT2D eigenvalue weighted by Crippen LogP contribution is -2.38. The molecule has 3 N–H and O–H groups in total. The molecule has 0 bridgehead atoms. The standard InChI is InChI=1S/C34H31N11O/c1-46-28-5-3-15-38-31(28)26-10-11-27-34(41-26)45(33(42-27)25-4-2-16-39-32(25)36)24-8-6-22(7-9-24)21-44-18-13-23(14-19-44)40-29-12-17-37-30(20-35)43-29/h2-12,15-17,23H,13-14,18-19,21H2,1H3,(H2,36,39)(H,37,40,43). The lowest BCUT2D eigenvalue weighted by atomic mass is 10.0. The second-order valence-electron chi connectivity index (χ2n) is 11.0. The van der Waals surface area contributed by atoms with Gasteiger partial charge in [0.25, 0.3) is 0 Å². The number of hydrogen-bond donors (Lipinski definition) is 2. The van der Waals surface area contributed by atoms with Crippen LogP contribution in [0.1, 0.15) is 24.2 Å². The molecule has 0 radical (unpaired) electrons. The zero-order valence-corrected chi connectivity index (χ0v) is 25.2. The fourth-order valence-electron chi connectivity index (χ4n) is 5.81. The number of rotatable bonds is 8. The summed E-state index contributed by atoms with van der Waals surface area (Å²) in [6, 6.07) is 23.9. The Morgan fingerprint density at radius 3 is 2.50 bits per heavy atom. The van der Waals surface area contributed by atoms with Crippen molar-refractivity contribution in [3.8, 4) is 40.3 Å². The van der Waals surface area contributed by atoms with Gasteiger partial charge in [0.05, 0.1) is 18.4 Å². The molecule has 1 saturated heterocycles. The predicted molar refractivity (Wildman–Crippen MR) is 175 cm³/mol. The minimum atomic E-state index is 0.176. The number of aromatic nitrogens is 7. The molecular formula is C34H31N11O. The van der Waals surface area contributed by atoms with E-state index in [1.54, 1.807) is 31.8 Å². The molecule has 0 unspecified atom stereocenters. The third-order valence-electron chi connectivity index (χ3n) is 8.11. The summed E-state index contributed by atoms with van der Waals surface area (Å²) in [5.74, 6) is 2.57. The van der Waals surface area contributed by atoms with E-state index in [-0.39, 0.29) is 5.82 Å². The van der Waals surface area contributed by atoms with Gasteiger partial charge in [-0.15, -0.1) is 0 Å². The molecule has 0 saturated carbocycles. The number of likely N-dealkylation sites (tertiary alicyclic amines) is 1. The van der Waals surface area contributed by atoms with Crippen LogP contribution in [0.5, 0.6) is 5.75 Å². The molecule has 12 nitrogen and oxygen atoms in total. The second kappa shape index (κ2) is 12.6. The SMILES string of the molecule is COc1cccnc1-c1ccc2nc(-c3cccnc3N)n(-c3ccc(CN4CCC(Nc5ccnc(C#N)n5)CC4)cc3)c2n1. The zero-order chi connectivity index (χ0) is 31.5. The number of piperidine rings is 1. The number of pyridine rings is 3. The van der Waals surface area contributed by atoms with Gasteiger partial charge in [-0.3, -0.25) is 14.5 Å². The van der Waals surface area contributed by atoms with Crippen molar-refractivity contribution in [2.75, 3.05) is 31.2 Å². The summed E-state index contributed by atoms with van der Waals surface area (Å²) >= 11 is 0. The zero-order valence-electron chi connectivity index (χ0n) is 25.2. The van der Waals surface area contributed by atoms with E-state index in [1.165, 1.54) is 5.56 Å². The number of nitrogens with zero attached hydrogens (tertiary/aromatic N) is 9. The van der Waals surface area contributed by atoms with Crippen LogP contribution >= 0.6 is 0 Å². The van der Waals surface area contributed by atoms with Crippen molar-refractivity contribution < 1.29 is 4.74 Å². The van der Waals surface area contributed by atoms with E-state index >= 15 is 0 Å². The topological polar surface area (TPSA) is 157 Å². The number of nitrogens with two attached hydrogens (primary N) is 1. The molecule has 1 aliphatic rings. The second-order valence-corrected chi connectivity index (χ2v) is 11.0. The molecule has 1 aromatic carbocycles. The van der Waals surface area contributed by atoms with E-state index in [0.717, 1.165) is 49.2 Å². The van der Waals surface area contributed by atoms with Crippen LogP contribution in [0, 0.1) is 11.3 Å². The molecule has 228 valence electrons. The summed E-state index contributed by atoms with van der Waals surface area (Å²) in [4.78, 5) is 29.5. The summed E-state index contributed by atoms with van der Waals surface area (Å²) in [6.07, 6.45) is 6.97. The maximum Gasteiger partial charge on any atom is 0.234 e. The summed E-state index contributed by atoms with van der Waals surface area (Å²) in [5.41, 5.74) is 11.9. The quantitative estimate of drug-likeness (QED) is 0.243. The van der Waals surface area contributed by atoms with Crippen LogP contribution in [0.15, 0.2) is 85.3 Å². The molecule has 1 fully saturated rings. The van der Waals surface area contributed by atoms with Gasteiger partial charge in [-0.1, -0.05) is 12.1 Å². The van der Waals surface area contributed by atoms with Crippen molar-refractivity contribution in [3.63, 3.8) is 0 Å². The molecule has 0 spiro atoms. The van der Waals surface area contributed by atoms with Gasteiger partial charge in [0.1, 0.15) is 34.7 Å². The molecule has 0 atom stereocenters. The fourth-order valence-corrected chi connectivity index (χ4v) is 5.81. The van der Waals surface area contributed by atoms with Gasteiger partial charge in [-0.25, -0.2) is 24.9 Å². The monoisotopic (exact) mass is 609 g/mol. The van der Waals surface area contributed by atoms with Gasteiger partial charge in [-0.05, 0) is 73.0 Å². The van der Waals surface area contributed by atoms with E-state index in [9.17, 15) is 0 Å². The number of hydrogen-bond acceptors (Lipinski definition) is 11. The Morgan fingerprint density at radius 1 is 0.913 bits per heavy atom. The highest BCUT2D eigenvalue weighted by molar-refractivity contribution is 5.84. The molecule has 46 heavy (non-hydrogen) atoms. The lowest BCUT2D eigenvalue weighted by Gasteiger charge is -2.32. The van der Waals surface area contributed by atoms with Crippen LogP contribution in [-0.4, -0.2) is 65.6 Å². The molecule has 6 heterocycles. The third kappa shape index (κ3) is 5.79. The number of nitrogen functional groups attached to an aromatic ring is 1. The Morgan fingerprint density at radius 2 is 1.72 bits per heavy atom. The largest absolute Gasteiger partial charge is 0.494 e. The predicted octanol–water partition coefficient (Wildman–Crippen LogP) is 4.87. The summed E-state index contributed by atoms with van der Waals surface area (Å²) in [5, 5.41) is 12.5. The number of fused-ring (bicyclic) bond motifs is 1. The van der Waals surface area contributed by atoms with E-state index in [1.807, 2.05) is 47.0 Å². The lowest BCUT2D eigenvalue weighted by molar-refractivity contribution is 0.211. The van der Waals surface area contributed by atoms with E-state index < -0.39 is 0 Å². The molecule has 6 aromatic rings. The first-order chi connectivity index (χ1) is 22.6. The third-order valence-corrected chi connectivity index (χ3v) is 8.11. The van der Waals surface area contributed by atoms with Crippen molar-refractivity contribution >= 4 is 22.8 Å². The molecule has 7 rings (SSSR count). The molecule has 0 amide bonds. The summed E-state index contributed by atoms with van der Waals surface area (Å²) < 4.78 is 7.58. The average Bonchev–Trinajstić information content (AvgIpc) is 3.48. The maximum atomic E-state index is 9.08. The van der Waals surface area contributed by atoms with Crippen molar-refractivity contribution in [3.05, 3.63) is 96.7 Å². The van der Waals surface area contributed by atoms with Crippen LogP contribution in [0.3, 0.4) is 0 Å². The average molecular weight is 610 g/mol.